The Labute approximate surface area is 108 Å². The van der Waals surface area contributed by atoms with Gasteiger partial charge in [0.1, 0.15) is 11.6 Å². The minimum atomic E-state index is -0.340. The molecule has 1 aromatic carbocycles. The number of benzene rings is 1. The zero-order valence-electron chi connectivity index (χ0n) is 11.2. The van der Waals surface area contributed by atoms with Gasteiger partial charge in [-0.05, 0) is 31.0 Å². The first kappa shape index (κ1) is 14.9. The summed E-state index contributed by atoms with van der Waals surface area (Å²) in [4.78, 5) is 0. The molecule has 0 fully saturated rings. The lowest BCUT2D eigenvalue weighted by Crippen LogP contribution is -2.24. The van der Waals surface area contributed by atoms with Crippen molar-refractivity contribution >= 4 is 0 Å². The predicted octanol–water partition coefficient (Wildman–Crippen LogP) is 2.85. The van der Waals surface area contributed by atoms with E-state index in [1.54, 1.807) is 0 Å². The molecule has 0 bridgehead atoms. The summed E-state index contributed by atoms with van der Waals surface area (Å²) in [7, 11) is 0. The van der Waals surface area contributed by atoms with Crippen molar-refractivity contribution < 1.29 is 14.2 Å². The minimum Gasteiger partial charge on any atom is -0.508 e. The van der Waals surface area contributed by atoms with E-state index in [1.807, 2.05) is 6.92 Å². The smallest absolute Gasteiger partial charge is 0.123 e. The second-order valence-electron chi connectivity index (χ2n) is 4.85. The van der Waals surface area contributed by atoms with Crippen LogP contribution in [0.15, 0.2) is 18.2 Å². The molecule has 1 aromatic rings. The van der Waals surface area contributed by atoms with E-state index in [-0.39, 0.29) is 17.6 Å². The number of rotatable bonds is 7. The molecule has 0 aromatic heterocycles. The van der Waals surface area contributed by atoms with Crippen molar-refractivity contribution in [1.29, 1.82) is 0 Å². The van der Waals surface area contributed by atoms with Crippen LogP contribution in [0.25, 0.3) is 0 Å². The standard InChI is InChI=1S/C14H22FNO2/c1-10(2)9-18-7-6-16-11(3)13-8-12(15)4-5-14(13)17/h4-5,8,10-11,16-17H,6-7,9H2,1-3H3. The Kier molecular flexibility index (Phi) is 6.09. The lowest BCUT2D eigenvalue weighted by Gasteiger charge is -2.16. The highest BCUT2D eigenvalue weighted by Gasteiger charge is 2.10. The molecular formula is C14H22FNO2. The minimum absolute atomic E-state index is 0.108. The highest BCUT2D eigenvalue weighted by atomic mass is 19.1. The van der Waals surface area contributed by atoms with Crippen LogP contribution in [0.3, 0.4) is 0 Å². The average Bonchev–Trinajstić information content (AvgIpc) is 2.31. The molecule has 1 unspecified atom stereocenters. The second-order valence-corrected chi connectivity index (χ2v) is 4.85. The molecule has 1 atom stereocenters. The molecule has 0 heterocycles. The molecule has 0 aliphatic heterocycles. The molecule has 102 valence electrons. The maximum atomic E-state index is 13.1. The fourth-order valence-corrected chi connectivity index (χ4v) is 1.65. The third-order valence-corrected chi connectivity index (χ3v) is 2.60. The van der Waals surface area contributed by atoms with Gasteiger partial charge in [-0.2, -0.15) is 0 Å². The first-order valence-corrected chi connectivity index (χ1v) is 6.30. The molecular weight excluding hydrogens is 233 g/mol. The van der Waals surface area contributed by atoms with Crippen LogP contribution in [-0.4, -0.2) is 24.9 Å². The van der Waals surface area contributed by atoms with E-state index >= 15 is 0 Å². The zero-order chi connectivity index (χ0) is 13.5. The maximum absolute atomic E-state index is 13.1. The summed E-state index contributed by atoms with van der Waals surface area (Å²) in [5, 5.41) is 12.8. The van der Waals surface area contributed by atoms with Gasteiger partial charge in [-0.1, -0.05) is 13.8 Å². The quantitative estimate of drug-likeness (QED) is 0.736. The van der Waals surface area contributed by atoms with E-state index in [0.29, 0.717) is 24.6 Å². The normalized spacial score (nSPS) is 12.9. The van der Waals surface area contributed by atoms with Crippen LogP contribution in [0.1, 0.15) is 32.4 Å². The monoisotopic (exact) mass is 255 g/mol. The van der Waals surface area contributed by atoms with Gasteiger partial charge in [0.05, 0.1) is 6.61 Å². The average molecular weight is 255 g/mol. The lowest BCUT2D eigenvalue weighted by molar-refractivity contribution is 0.110. The van der Waals surface area contributed by atoms with Crippen LogP contribution < -0.4 is 5.32 Å². The van der Waals surface area contributed by atoms with Crippen LogP contribution in [0.4, 0.5) is 4.39 Å². The van der Waals surface area contributed by atoms with E-state index < -0.39 is 0 Å². The topological polar surface area (TPSA) is 41.5 Å². The third-order valence-electron chi connectivity index (χ3n) is 2.60. The first-order chi connectivity index (χ1) is 8.50. The van der Waals surface area contributed by atoms with Crippen LogP contribution in [0.2, 0.25) is 0 Å². The predicted molar refractivity (Wildman–Crippen MR) is 70.1 cm³/mol. The number of phenols is 1. The van der Waals surface area contributed by atoms with Crippen molar-refractivity contribution in [1.82, 2.24) is 5.32 Å². The molecule has 4 heteroatoms. The molecule has 0 spiro atoms. The van der Waals surface area contributed by atoms with Gasteiger partial charge in [-0.25, -0.2) is 4.39 Å². The van der Waals surface area contributed by atoms with Crippen molar-refractivity contribution in [3.8, 4) is 5.75 Å². The number of aromatic hydroxyl groups is 1. The number of hydrogen-bond acceptors (Lipinski definition) is 3. The van der Waals surface area contributed by atoms with Gasteiger partial charge in [0, 0.05) is 24.8 Å². The number of nitrogens with one attached hydrogen (secondary N) is 1. The van der Waals surface area contributed by atoms with Crippen molar-refractivity contribution in [2.45, 2.75) is 26.8 Å². The molecule has 2 N–H and O–H groups in total. The van der Waals surface area contributed by atoms with Crippen LogP contribution in [0.5, 0.6) is 5.75 Å². The highest BCUT2D eigenvalue weighted by molar-refractivity contribution is 5.34. The molecule has 0 saturated carbocycles. The van der Waals surface area contributed by atoms with Crippen molar-refractivity contribution in [2.24, 2.45) is 5.92 Å². The Morgan fingerprint density at radius 3 is 2.72 bits per heavy atom. The van der Waals surface area contributed by atoms with Gasteiger partial charge in [-0.3, -0.25) is 0 Å². The van der Waals surface area contributed by atoms with E-state index in [2.05, 4.69) is 19.2 Å². The summed E-state index contributed by atoms with van der Waals surface area (Å²) in [5.74, 6) is 0.293. The Morgan fingerprint density at radius 2 is 2.06 bits per heavy atom. The summed E-state index contributed by atoms with van der Waals surface area (Å²) < 4.78 is 18.5. The molecule has 1 rings (SSSR count). The zero-order valence-corrected chi connectivity index (χ0v) is 11.2. The second kappa shape index (κ2) is 7.34. The maximum Gasteiger partial charge on any atom is 0.123 e. The number of phenolic OH excluding ortho intramolecular Hbond substituents is 1. The summed E-state index contributed by atoms with van der Waals surface area (Å²) in [6.07, 6.45) is 0. The molecule has 0 saturated heterocycles. The Bertz CT molecular complexity index is 369. The van der Waals surface area contributed by atoms with Crippen molar-refractivity contribution in [3.05, 3.63) is 29.6 Å². The molecule has 0 aliphatic rings. The van der Waals surface area contributed by atoms with E-state index in [9.17, 15) is 9.50 Å². The molecule has 0 aliphatic carbocycles. The van der Waals surface area contributed by atoms with Crippen molar-refractivity contribution in [3.63, 3.8) is 0 Å². The molecule has 0 radical (unpaired) electrons. The fourth-order valence-electron chi connectivity index (χ4n) is 1.65. The summed E-state index contributed by atoms with van der Waals surface area (Å²) >= 11 is 0. The van der Waals surface area contributed by atoms with Crippen LogP contribution in [0, 0.1) is 11.7 Å². The van der Waals surface area contributed by atoms with E-state index in [1.165, 1.54) is 18.2 Å². The van der Waals surface area contributed by atoms with Gasteiger partial charge in [0.25, 0.3) is 0 Å². The molecule has 0 amide bonds. The summed E-state index contributed by atoms with van der Waals surface area (Å²) in [5.41, 5.74) is 0.568. The lowest BCUT2D eigenvalue weighted by atomic mass is 10.1. The summed E-state index contributed by atoms with van der Waals surface area (Å²) in [6.45, 7) is 8.10. The Hall–Kier alpha value is -1.13. The van der Waals surface area contributed by atoms with Crippen LogP contribution >= 0.6 is 0 Å². The van der Waals surface area contributed by atoms with Gasteiger partial charge in [0.2, 0.25) is 0 Å². The molecule has 3 nitrogen and oxygen atoms in total. The van der Waals surface area contributed by atoms with E-state index in [4.69, 9.17) is 4.74 Å². The van der Waals surface area contributed by atoms with Gasteiger partial charge < -0.3 is 15.2 Å². The van der Waals surface area contributed by atoms with Gasteiger partial charge >= 0.3 is 0 Å². The Morgan fingerprint density at radius 1 is 1.33 bits per heavy atom. The number of hydrogen-bond donors (Lipinski definition) is 2. The van der Waals surface area contributed by atoms with Gasteiger partial charge in [-0.15, -0.1) is 0 Å². The molecule has 18 heavy (non-hydrogen) atoms. The fraction of sp³-hybridized carbons (Fsp3) is 0.571. The number of halogens is 1. The van der Waals surface area contributed by atoms with E-state index in [0.717, 1.165) is 6.61 Å². The summed E-state index contributed by atoms with van der Waals surface area (Å²) in [6, 6.07) is 3.86. The SMILES string of the molecule is CC(C)COCCNC(C)c1cc(F)ccc1O. The van der Waals surface area contributed by atoms with Crippen LogP contribution in [-0.2, 0) is 4.74 Å². The highest BCUT2D eigenvalue weighted by Crippen LogP contribution is 2.24. The first-order valence-electron chi connectivity index (χ1n) is 6.30. The van der Waals surface area contributed by atoms with Crippen molar-refractivity contribution in [2.75, 3.05) is 19.8 Å². The third kappa shape index (κ3) is 5.02. The number of ether oxygens (including phenoxy) is 1. The Balaban J connectivity index is 2.36. The largest absolute Gasteiger partial charge is 0.508 e. The van der Waals surface area contributed by atoms with Gasteiger partial charge in [0.15, 0.2) is 0 Å².